The van der Waals surface area contributed by atoms with Crippen molar-refractivity contribution in [2.24, 2.45) is 0 Å². The van der Waals surface area contributed by atoms with E-state index in [2.05, 4.69) is 10.6 Å². The number of carbonyl (C=O) groups excluding carboxylic acids is 1. The summed E-state index contributed by atoms with van der Waals surface area (Å²) in [4.78, 5) is 14.0. The average molecular weight is 243 g/mol. The van der Waals surface area contributed by atoms with Gasteiger partial charge in [-0.2, -0.15) is 0 Å². The lowest BCUT2D eigenvalue weighted by Crippen LogP contribution is -2.60. The number of aliphatic hydroxyl groups is 1. The highest BCUT2D eigenvalue weighted by atomic mass is 16.5. The molecule has 0 aromatic heterocycles. The van der Waals surface area contributed by atoms with Gasteiger partial charge < -0.3 is 25.4 Å². The number of hydrogen-bond acceptors (Lipinski definition) is 5. The second-order valence-corrected chi connectivity index (χ2v) is 4.71. The van der Waals surface area contributed by atoms with Crippen LogP contribution in [0.3, 0.4) is 0 Å². The third-order valence-corrected chi connectivity index (χ3v) is 3.18. The fourth-order valence-electron chi connectivity index (χ4n) is 2.37. The van der Waals surface area contributed by atoms with E-state index in [1.54, 1.807) is 4.90 Å². The Morgan fingerprint density at radius 1 is 1.47 bits per heavy atom. The first-order valence-electron chi connectivity index (χ1n) is 6.20. The number of amides is 1. The maximum absolute atomic E-state index is 12.2. The molecule has 1 amide bonds. The number of piperazine rings is 1. The highest BCUT2D eigenvalue weighted by molar-refractivity contribution is 5.82. The van der Waals surface area contributed by atoms with Crippen LogP contribution in [0, 0.1) is 0 Å². The molecule has 0 spiro atoms. The number of morpholine rings is 1. The van der Waals surface area contributed by atoms with Crippen molar-refractivity contribution in [2.75, 3.05) is 39.3 Å². The minimum atomic E-state index is -0.251. The molecule has 6 nitrogen and oxygen atoms in total. The van der Waals surface area contributed by atoms with Crippen LogP contribution in [0.25, 0.3) is 0 Å². The molecule has 0 saturated carbocycles. The van der Waals surface area contributed by atoms with Crippen LogP contribution < -0.4 is 10.6 Å². The molecule has 0 radical (unpaired) electrons. The van der Waals surface area contributed by atoms with E-state index in [-0.39, 0.29) is 30.8 Å². The van der Waals surface area contributed by atoms with Crippen molar-refractivity contribution < 1.29 is 14.6 Å². The smallest absolute Gasteiger partial charge is 0.241 e. The third-order valence-electron chi connectivity index (χ3n) is 3.18. The zero-order valence-electron chi connectivity index (χ0n) is 10.2. The van der Waals surface area contributed by atoms with Crippen molar-refractivity contribution in [1.29, 1.82) is 0 Å². The molecule has 0 bridgehead atoms. The molecule has 98 valence electrons. The van der Waals surface area contributed by atoms with Gasteiger partial charge in [-0.1, -0.05) is 0 Å². The van der Waals surface area contributed by atoms with Gasteiger partial charge in [-0.25, -0.2) is 0 Å². The van der Waals surface area contributed by atoms with E-state index in [1.807, 2.05) is 6.92 Å². The van der Waals surface area contributed by atoms with Crippen LogP contribution >= 0.6 is 0 Å². The summed E-state index contributed by atoms with van der Waals surface area (Å²) in [7, 11) is 0. The van der Waals surface area contributed by atoms with Gasteiger partial charge in [-0.15, -0.1) is 0 Å². The monoisotopic (exact) mass is 243 g/mol. The van der Waals surface area contributed by atoms with Crippen LogP contribution in [0.4, 0.5) is 0 Å². The molecule has 2 aliphatic rings. The van der Waals surface area contributed by atoms with E-state index >= 15 is 0 Å². The van der Waals surface area contributed by atoms with Gasteiger partial charge in [0, 0.05) is 32.7 Å². The number of nitrogens with zero attached hydrogens (tertiary/aromatic N) is 1. The molecule has 2 rings (SSSR count). The Kier molecular flexibility index (Phi) is 4.33. The number of aliphatic hydroxyl groups excluding tert-OH is 1. The predicted molar refractivity (Wildman–Crippen MR) is 62.7 cm³/mol. The summed E-state index contributed by atoms with van der Waals surface area (Å²) in [6, 6.07) is -0.145. The summed E-state index contributed by atoms with van der Waals surface area (Å²) >= 11 is 0. The molecule has 3 atom stereocenters. The maximum atomic E-state index is 12.2. The second kappa shape index (κ2) is 5.77. The molecular formula is C11H21N3O3. The minimum Gasteiger partial charge on any atom is -0.394 e. The molecule has 0 aromatic carbocycles. The van der Waals surface area contributed by atoms with Crippen molar-refractivity contribution in [3.05, 3.63) is 0 Å². The number of nitrogens with one attached hydrogen (secondary N) is 2. The lowest BCUT2D eigenvalue weighted by Gasteiger charge is -2.38. The Balaban J connectivity index is 1.93. The quantitative estimate of drug-likeness (QED) is 0.531. The Morgan fingerprint density at radius 2 is 2.29 bits per heavy atom. The number of rotatable bonds is 2. The van der Waals surface area contributed by atoms with Crippen LogP contribution in [0.5, 0.6) is 0 Å². The van der Waals surface area contributed by atoms with Crippen LogP contribution in [-0.4, -0.2) is 73.5 Å². The van der Waals surface area contributed by atoms with E-state index in [0.29, 0.717) is 19.6 Å². The van der Waals surface area contributed by atoms with Crippen molar-refractivity contribution >= 4 is 5.91 Å². The molecule has 6 heteroatoms. The lowest BCUT2D eigenvalue weighted by molar-refractivity contribution is -0.149. The predicted octanol–water partition coefficient (Wildman–Crippen LogP) is -1.84. The molecule has 2 aliphatic heterocycles. The summed E-state index contributed by atoms with van der Waals surface area (Å²) in [6.07, 6.45) is -0.263. The molecule has 2 heterocycles. The number of carbonyl (C=O) groups is 1. The number of ether oxygens (including phenoxy) is 1. The van der Waals surface area contributed by atoms with Crippen molar-refractivity contribution in [1.82, 2.24) is 15.5 Å². The van der Waals surface area contributed by atoms with E-state index in [1.165, 1.54) is 0 Å². The average Bonchev–Trinajstić information content (AvgIpc) is 2.38. The summed E-state index contributed by atoms with van der Waals surface area (Å²) in [5.74, 6) is 0.103. The lowest BCUT2D eigenvalue weighted by atomic mass is 10.1. The Bertz CT molecular complexity index is 269. The molecule has 0 aromatic rings. The van der Waals surface area contributed by atoms with Gasteiger partial charge in [0.1, 0.15) is 0 Å². The first kappa shape index (κ1) is 12.8. The molecule has 3 unspecified atom stereocenters. The van der Waals surface area contributed by atoms with Crippen molar-refractivity contribution in [3.8, 4) is 0 Å². The molecular weight excluding hydrogens is 222 g/mol. The Morgan fingerprint density at radius 3 is 2.94 bits per heavy atom. The Labute approximate surface area is 101 Å². The first-order chi connectivity index (χ1) is 8.20. The van der Waals surface area contributed by atoms with E-state index in [4.69, 9.17) is 9.84 Å². The second-order valence-electron chi connectivity index (χ2n) is 4.71. The zero-order valence-corrected chi connectivity index (χ0v) is 10.2. The Hall–Kier alpha value is -0.690. The van der Waals surface area contributed by atoms with E-state index in [9.17, 15) is 4.79 Å². The van der Waals surface area contributed by atoms with Crippen molar-refractivity contribution in [2.45, 2.75) is 25.2 Å². The normalized spacial score (nSPS) is 34.7. The first-order valence-corrected chi connectivity index (χ1v) is 6.20. The standard InChI is InChI=1S/C11H21N3O3/c1-8-5-14(6-9(7-15)17-8)11(16)10-4-12-2-3-13-10/h8-10,12-13,15H,2-7H2,1H3. The molecule has 3 N–H and O–H groups in total. The van der Waals surface area contributed by atoms with E-state index in [0.717, 1.165) is 13.1 Å². The van der Waals surface area contributed by atoms with Crippen LogP contribution in [0.1, 0.15) is 6.92 Å². The van der Waals surface area contributed by atoms with Crippen LogP contribution in [-0.2, 0) is 9.53 Å². The third kappa shape index (κ3) is 3.16. The molecule has 2 fully saturated rings. The fourth-order valence-corrected chi connectivity index (χ4v) is 2.37. The van der Waals surface area contributed by atoms with Crippen molar-refractivity contribution in [3.63, 3.8) is 0 Å². The highest BCUT2D eigenvalue weighted by Crippen LogP contribution is 2.12. The number of hydrogen-bond donors (Lipinski definition) is 3. The van der Waals surface area contributed by atoms with Gasteiger partial charge in [-0.05, 0) is 6.92 Å². The van der Waals surface area contributed by atoms with Crippen LogP contribution in [0.2, 0.25) is 0 Å². The van der Waals surface area contributed by atoms with Gasteiger partial charge in [0.25, 0.3) is 0 Å². The summed E-state index contributed by atoms with van der Waals surface area (Å²) in [6.45, 7) is 5.38. The van der Waals surface area contributed by atoms with Gasteiger partial charge in [-0.3, -0.25) is 4.79 Å². The van der Waals surface area contributed by atoms with Crippen LogP contribution in [0.15, 0.2) is 0 Å². The highest BCUT2D eigenvalue weighted by Gasteiger charge is 2.32. The summed E-state index contributed by atoms with van der Waals surface area (Å²) in [5.41, 5.74) is 0. The van der Waals surface area contributed by atoms with Gasteiger partial charge in [0.05, 0.1) is 24.9 Å². The minimum absolute atomic E-state index is 0.0126. The van der Waals surface area contributed by atoms with Gasteiger partial charge in [0.15, 0.2) is 0 Å². The fraction of sp³-hybridized carbons (Fsp3) is 0.909. The molecule has 17 heavy (non-hydrogen) atoms. The molecule has 0 aliphatic carbocycles. The summed E-state index contributed by atoms with van der Waals surface area (Å²) < 4.78 is 5.52. The van der Waals surface area contributed by atoms with Gasteiger partial charge in [0.2, 0.25) is 5.91 Å². The van der Waals surface area contributed by atoms with E-state index < -0.39 is 0 Å². The topological polar surface area (TPSA) is 73.8 Å². The molecule has 2 saturated heterocycles. The zero-order chi connectivity index (χ0) is 12.3. The maximum Gasteiger partial charge on any atom is 0.241 e. The SMILES string of the molecule is CC1CN(C(=O)C2CNCCN2)CC(CO)O1. The summed E-state index contributed by atoms with van der Waals surface area (Å²) in [5, 5.41) is 15.5. The largest absolute Gasteiger partial charge is 0.394 e. The van der Waals surface area contributed by atoms with Gasteiger partial charge >= 0.3 is 0 Å².